The number of quaternary nitrogens is 1. The molecule has 0 aromatic carbocycles. The van der Waals surface area contributed by atoms with Gasteiger partial charge in [0.25, 0.3) is 7.82 Å². The van der Waals surface area contributed by atoms with Gasteiger partial charge in [-0.05, 0) is 77.0 Å². The van der Waals surface area contributed by atoms with Crippen LogP contribution in [0, 0.1) is 0 Å². The van der Waals surface area contributed by atoms with Crippen molar-refractivity contribution in [3.63, 3.8) is 0 Å². The third-order valence-corrected chi connectivity index (χ3v) is 11.0. The molecule has 0 aliphatic heterocycles. The Morgan fingerprint density at radius 2 is 0.983 bits per heavy atom. The van der Waals surface area contributed by atoms with Crippen molar-refractivity contribution in [1.29, 1.82) is 0 Å². The molecule has 0 spiro atoms. The summed E-state index contributed by atoms with van der Waals surface area (Å²) in [5.41, 5.74) is 0. The van der Waals surface area contributed by atoms with Gasteiger partial charge in [0.1, 0.15) is 19.3 Å². The number of phosphoric ester groups is 1. The lowest BCUT2D eigenvalue weighted by molar-refractivity contribution is -0.870. The minimum absolute atomic E-state index is 0.0221. The normalized spacial score (nSPS) is 14.2. The first kappa shape index (κ1) is 57.2. The summed E-state index contributed by atoms with van der Waals surface area (Å²) < 4.78 is 34.6. The molecule has 9 heteroatoms. The molecule has 0 aliphatic carbocycles. The Labute approximate surface area is 364 Å². The largest absolute Gasteiger partial charge is 0.756 e. The zero-order valence-electron chi connectivity index (χ0n) is 38.9. The van der Waals surface area contributed by atoms with Crippen molar-refractivity contribution in [3.05, 3.63) is 60.8 Å². The summed E-state index contributed by atoms with van der Waals surface area (Å²) in [7, 11) is 1.34. The SMILES string of the molecule is CC/C=C\C/C=C\C/C=C\C/C=C\CCCCCCCCCCCCCOCC(COP(=O)([O-])OCC[N+](C)(C)C)OC(=O)CCCCCCC/C=C\CCCCCC. The number of nitrogens with zero attached hydrogens (tertiary/aromatic N) is 1. The van der Waals surface area contributed by atoms with E-state index in [1.165, 1.54) is 103 Å². The van der Waals surface area contributed by atoms with Crippen LogP contribution in [0.25, 0.3) is 0 Å². The number of likely N-dealkylation sites (N-methyl/N-ethyl adjacent to an activating group) is 1. The van der Waals surface area contributed by atoms with Crippen molar-refractivity contribution in [2.75, 3.05) is 54.1 Å². The Hall–Kier alpha value is -1.80. The van der Waals surface area contributed by atoms with E-state index in [0.717, 1.165) is 70.6 Å². The zero-order chi connectivity index (χ0) is 43.4. The number of hydrogen-bond donors (Lipinski definition) is 0. The van der Waals surface area contributed by atoms with E-state index in [9.17, 15) is 14.3 Å². The van der Waals surface area contributed by atoms with Gasteiger partial charge in [0.2, 0.25) is 0 Å². The standard InChI is InChI=1S/C50H92NO7P/c1-6-8-10-12-14-16-18-20-21-22-23-24-25-26-27-28-29-30-32-34-36-38-40-42-45-55-47-49(48-57-59(53,54)56-46-44-51(3,4)5)58-50(52)43-41-39-37-35-33-31-19-17-15-13-11-9-7-2/h8,10,14,16-17,19-21,23-24,49H,6-7,9,11-13,15,18,22,25-48H2,1-5H3/b10-8-,16-14-,19-17-,21-20-,24-23-. The molecule has 0 amide bonds. The van der Waals surface area contributed by atoms with E-state index >= 15 is 0 Å². The molecule has 59 heavy (non-hydrogen) atoms. The third-order valence-electron chi connectivity index (χ3n) is 10.1. The Bertz CT molecular complexity index is 1130. The van der Waals surface area contributed by atoms with Gasteiger partial charge in [0.05, 0.1) is 34.4 Å². The lowest BCUT2D eigenvalue weighted by Gasteiger charge is -2.28. The number of ether oxygens (including phenoxy) is 2. The molecule has 2 atom stereocenters. The predicted octanol–water partition coefficient (Wildman–Crippen LogP) is 13.9. The van der Waals surface area contributed by atoms with Crippen LogP contribution in [-0.2, 0) is 27.9 Å². The molecule has 0 aliphatic rings. The van der Waals surface area contributed by atoms with Crippen molar-refractivity contribution < 1.29 is 37.3 Å². The van der Waals surface area contributed by atoms with Crippen molar-refractivity contribution in [3.8, 4) is 0 Å². The van der Waals surface area contributed by atoms with Gasteiger partial charge in [0.15, 0.2) is 0 Å². The van der Waals surface area contributed by atoms with Gasteiger partial charge in [-0.25, -0.2) is 0 Å². The molecule has 0 rings (SSSR count). The van der Waals surface area contributed by atoms with Gasteiger partial charge >= 0.3 is 5.97 Å². The first-order valence-electron chi connectivity index (χ1n) is 24.0. The smallest absolute Gasteiger partial charge is 0.306 e. The molecule has 0 aromatic rings. The van der Waals surface area contributed by atoms with Crippen molar-refractivity contribution >= 4 is 13.8 Å². The van der Waals surface area contributed by atoms with Crippen LogP contribution in [0.15, 0.2) is 60.8 Å². The molecule has 0 heterocycles. The summed E-state index contributed by atoms with van der Waals surface area (Å²) in [6, 6.07) is 0. The fraction of sp³-hybridized carbons (Fsp3) is 0.780. The number of esters is 1. The minimum atomic E-state index is -4.53. The molecule has 0 radical (unpaired) electrons. The number of phosphoric acid groups is 1. The Morgan fingerprint density at radius 1 is 0.542 bits per heavy atom. The summed E-state index contributed by atoms with van der Waals surface area (Å²) in [5.74, 6) is -0.346. The highest BCUT2D eigenvalue weighted by molar-refractivity contribution is 7.45. The maximum Gasteiger partial charge on any atom is 0.306 e. The summed E-state index contributed by atoms with van der Waals surface area (Å²) in [5, 5.41) is 0. The predicted molar refractivity (Wildman–Crippen MR) is 249 cm³/mol. The van der Waals surface area contributed by atoms with E-state index in [1.54, 1.807) is 0 Å². The van der Waals surface area contributed by atoms with Crippen LogP contribution >= 0.6 is 7.82 Å². The summed E-state index contributed by atoms with van der Waals surface area (Å²) >= 11 is 0. The molecule has 344 valence electrons. The number of carbonyl (C=O) groups is 1. The average Bonchev–Trinajstić information content (AvgIpc) is 3.19. The first-order valence-corrected chi connectivity index (χ1v) is 25.5. The fourth-order valence-electron chi connectivity index (χ4n) is 6.36. The first-order chi connectivity index (χ1) is 28.6. The van der Waals surface area contributed by atoms with E-state index in [0.29, 0.717) is 24.1 Å². The molecule has 0 aromatic heterocycles. The Balaban J connectivity index is 4.13. The number of unbranched alkanes of at least 4 members (excludes halogenated alkanes) is 20. The zero-order valence-corrected chi connectivity index (χ0v) is 39.8. The van der Waals surface area contributed by atoms with Gasteiger partial charge in [0, 0.05) is 13.0 Å². The van der Waals surface area contributed by atoms with E-state index in [2.05, 4.69) is 74.6 Å². The van der Waals surface area contributed by atoms with Crippen LogP contribution in [0.3, 0.4) is 0 Å². The van der Waals surface area contributed by atoms with Crippen LogP contribution in [0.1, 0.15) is 194 Å². The van der Waals surface area contributed by atoms with Gasteiger partial charge in [-0.2, -0.15) is 0 Å². The Kier molecular flexibility index (Phi) is 41.6. The van der Waals surface area contributed by atoms with Crippen molar-refractivity contribution in [2.24, 2.45) is 0 Å². The monoisotopic (exact) mass is 850 g/mol. The molecular formula is C50H92NO7P. The van der Waals surface area contributed by atoms with Gasteiger partial charge in [-0.1, -0.05) is 171 Å². The van der Waals surface area contributed by atoms with Crippen molar-refractivity contribution in [2.45, 2.75) is 200 Å². The number of rotatable bonds is 44. The highest BCUT2D eigenvalue weighted by Gasteiger charge is 2.20. The topological polar surface area (TPSA) is 94.1 Å². The molecular weight excluding hydrogens is 758 g/mol. The highest BCUT2D eigenvalue weighted by atomic mass is 31.2. The molecule has 0 N–H and O–H groups in total. The quantitative estimate of drug-likeness (QED) is 0.0198. The highest BCUT2D eigenvalue weighted by Crippen LogP contribution is 2.38. The second kappa shape index (κ2) is 42.9. The number of allylic oxidation sites excluding steroid dienone is 10. The summed E-state index contributed by atoms with van der Waals surface area (Å²) in [4.78, 5) is 25.1. The van der Waals surface area contributed by atoms with Crippen LogP contribution in [0.4, 0.5) is 0 Å². The molecule has 8 nitrogen and oxygen atoms in total. The molecule has 0 fully saturated rings. The van der Waals surface area contributed by atoms with Crippen LogP contribution in [0.5, 0.6) is 0 Å². The maximum atomic E-state index is 12.7. The maximum absolute atomic E-state index is 12.7. The molecule has 0 saturated heterocycles. The molecule has 0 bridgehead atoms. The second-order valence-electron chi connectivity index (χ2n) is 17.1. The van der Waals surface area contributed by atoms with E-state index in [4.69, 9.17) is 18.5 Å². The van der Waals surface area contributed by atoms with Gasteiger partial charge in [-0.3, -0.25) is 9.36 Å². The molecule has 2 unspecified atom stereocenters. The Morgan fingerprint density at radius 3 is 1.49 bits per heavy atom. The van der Waals surface area contributed by atoms with Crippen LogP contribution in [0.2, 0.25) is 0 Å². The van der Waals surface area contributed by atoms with Crippen LogP contribution < -0.4 is 4.89 Å². The summed E-state index contributed by atoms with van der Waals surface area (Å²) in [6.45, 7) is 5.27. The lowest BCUT2D eigenvalue weighted by Crippen LogP contribution is -2.37. The number of hydrogen-bond acceptors (Lipinski definition) is 7. The van der Waals surface area contributed by atoms with Gasteiger partial charge in [-0.15, -0.1) is 0 Å². The van der Waals surface area contributed by atoms with Crippen molar-refractivity contribution in [1.82, 2.24) is 0 Å². The van der Waals surface area contributed by atoms with E-state index in [1.807, 2.05) is 21.1 Å². The molecule has 0 saturated carbocycles. The number of carbonyl (C=O) groups excluding carboxylic acids is 1. The van der Waals surface area contributed by atoms with E-state index < -0.39 is 13.9 Å². The van der Waals surface area contributed by atoms with Crippen LogP contribution in [-0.4, -0.2) is 70.7 Å². The average molecular weight is 850 g/mol. The summed E-state index contributed by atoms with van der Waals surface area (Å²) in [6.07, 6.45) is 53.8. The third kappa shape index (κ3) is 47.1. The van der Waals surface area contributed by atoms with Gasteiger partial charge < -0.3 is 27.9 Å². The second-order valence-corrected chi connectivity index (χ2v) is 18.5. The minimum Gasteiger partial charge on any atom is -0.756 e. The van der Waals surface area contributed by atoms with E-state index in [-0.39, 0.29) is 25.8 Å². The lowest BCUT2D eigenvalue weighted by atomic mass is 10.1. The fourth-order valence-corrected chi connectivity index (χ4v) is 7.08.